The Morgan fingerprint density at radius 1 is 1.25 bits per heavy atom. The molecule has 0 aromatic rings. The Morgan fingerprint density at radius 2 is 1.25 bits per heavy atom. The minimum absolute atomic E-state index is 0. The van der Waals surface area contributed by atoms with Gasteiger partial charge in [-0.2, -0.15) is 0 Å². The van der Waals surface area contributed by atoms with Gasteiger partial charge in [0.25, 0.3) is 0 Å². The van der Waals surface area contributed by atoms with Crippen molar-refractivity contribution in [2.45, 2.75) is 4.97 Å². The van der Waals surface area contributed by atoms with Crippen LogP contribution in [-0.4, -0.2) is 64.3 Å². The van der Waals surface area contributed by atoms with Crippen molar-refractivity contribution >= 4 is 64.3 Å². The topological polar surface area (TPSA) is 0 Å². The van der Waals surface area contributed by atoms with Crippen molar-refractivity contribution in [2.24, 2.45) is 0 Å². The van der Waals surface area contributed by atoms with Gasteiger partial charge in [-0.3, -0.25) is 0 Å². The fraction of sp³-hybridized carbons (Fsp3) is 1.00. The van der Waals surface area contributed by atoms with E-state index in [2.05, 4.69) is 0 Å². The normalized spacial score (nSPS) is 1.50. The van der Waals surface area contributed by atoms with Crippen molar-refractivity contribution in [3.8, 4) is 0 Å². The second-order valence-electron chi connectivity index (χ2n) is 0. The molecule has 0 aliphatic heterocycles. The molecule has 0 aromatic heterocycles. The third kappa shape index (κ3) is 8.91. The van der Waals surface area contributed by atoms with E-state index >= 15 is 0 Å². The SMILES string of the molecule is C[Te].[GeH4].[SbH3]. The van der Waals surface area contributed by atoms with Crippen LogP contribution in [0.1, 0.15) is 0 Å². The van der Waals surface area contributed by atoms with Crippen LogP contribution in [0.4, 0.5) is 0 Å². The molecule has 0 saturated carbocycles. The van der Waals surface area contributed by atoms with E-state index in [9.17, 15) is 0 Å². The summed E-state index contributed by atoms with van der Waals surface area (Å²) in [5.74, 6) is 0. The van der Waals surface area contributed by atoms with Gasteiger partial charge in [0.1, 0.15) is 0 Å². The zero-order valence-corrected chi connectivity index (χ0v) is 8.48. The fourth-order valence-electron chi connectivity index (χ4n) is 0. The molecule has 0 N–H and O–H groups in total. The van der Waals surface area contributed by atoms with Crippen LogP contribution < -0.4 is 0 Å². The van der Waals surface area contributed by atoms with Crippen LogP contribution in [-0.2, 0) is 0 Å². The van der Waals surface area contributed by atoms with Gasteiger partial charge in [0.2, 0.25) is 0 Å². The molecule has 1 radical (unpaired) electrons. The molecule has 0 rings (SSSR count). The third-order valence-corrected chi connectivity index (χ3v) is 0. The first-order chi connectivity index (χ1) is 1.00. The summed E-state index contributed by atoms with van der Waals surface area (Å²) in [7, 11) is 0. The second-order valence-corrected chi connectivity index (χ2v) is 0. The van der Waals surface area contributed by atoms with Crippen LogP contribution in [0.3, 0.4) is 0 Å². The van der Waals surface area contributed by atoms with E-state index in [1.807, 2.05) is 27.3 Å². The Bertz CT molecular complexity index is 8.00. The molecule has 0 aromatic carbocycles. The summed E-state index contributed by atoms with van der Waals surface area (Å²) in [5, 5.41) is 0. The molecule has 4 heavy (non-hydrogen) atoms. The summed E-state index contributed by atoms with van der Waals surface area (Å²) in [6.07, 6.45) is 0. The number of rotatable bonds is 0. The van der Waals surface area contributed by atoms with Crippen molar-refractivity contribution in [3.63, 3.8) is 0 Å². The van der Waals surface area contributed by atoms with E-state index in [1.54, 1.807) is 0 Å². The van der Waals surface area contributed by atoms with Crippen molar-refractivity contribution in [1.29, 1.82) is 0 Å². The maximum absolute atomic E-state index is 2.01. The second kappa shape index (κ2) is 19.2. The van der Waals surface area contributed by atoms with Crippen molar-refractivity contribution in [2.75, 3.05) is 0 Å². The molecule has 0 aliphatic carbocycles. The van der Waals surface area contributed by atoms with Crippen LogP contribution in [0.2, 0.25) is 4.97 Å². The van der Waals surface area contributed by atoms with Gasteiger partial charge in [-0.25, -0.2) is 0 Å². The predicted molar refractivity (Wildman–Crippen MR) is 32.9 cm³/mol. The molecule has 0 unspecified atom stereocenters. The molecular formula is CH10GeSbTe. The standard InChI is InChI=1S/CH3Te.GeH4.Sb.3H/c1-2;;;;;/h1H3;1H4;;;;. The van der Waals surface area contributed by atoms with Crippen LogP contribution in [0.15, 0.2) is 0 Å². The molecule has 0 amide bonds. The molecule has 0 aliphatic rings. The zero-order chi connectivity index (χ0) is 2.00. The van der Waals surface area contributed by atoms with Gasteiger partial charge in [-0.1, -0.05) is 0 Å². The summed E-state index contributed by atoms with van der Waals surface area (Å²) in [6, 6.07) is 0. The van der Waals surface area contributed by atoms with E-state index in [4.69, 9.17) is 0 Å². The Kier molecular flexibility index (Phi) is 78.8. The van der Waals surface area contributed by atoms with E-state index in [0.29, 0.717) is 0 Å². The van der Waals surface area contributed by atoms with Gasteiger partial charge in [0, 0.05) is 0 Å². The summed E-state index contributed by atoms with van der Waals surface area (Å²) in [6.45, 7) is 0. The van der Waals surface area contributed by atoms with Gasteiger partial charge in [-0.15, -0.1) is 0 Å². The Labute approximate surface area is 68.4 Å². The molecule has 0 saturated heterocycles. The molecule has 0 fully saturated rings. The summed E-state index contributed by atoms with van der Waals surface area (Å²) in [4.78, 5) is 2.01. The van der Waals surface area contributed by atoms with Crippen LogP contribution >= 0.6 is 0 Å². The predicted octanol–water partition coefficient (Wildman–Crippen LogP) is -2.43. The quantitative estimate of drug-likeness (QED) is 0.429. The third-order valence-electron chi connectivity index (χ3n) is 0. The number of hydrogen-bond donors (Lipinski definition) is 0. The van der Waals surface area contributed by atoms with Crippen molar-refractivity contribution in [3.05, 3.63) is 0 Å². The molecular weight excluding hydrogens is 334 g/mol. The fourth-order valence-corrected chi connectivity index (χ4v) is 0. The van der Waals surface area contributed by atoms with Crippen molar-refractivity contribution < 1.29 is 0 Å². The summed E-state index contributed by atoms with van der Waals surface area (Å²) in [5.41, 5.74) is 0. The van der Waals surface area contributed by atoms with Crippen LogP contribution in [0.25, 0.3) is 0 Å². The van der Waals surface area contributed by atoms with E-state index in [1.165, 1.54) is 0 Å². The first-order valence-corrected chi connectivity index (χ1v) is 2.74. The minimum atomic E-state index is 0. The van der Waals surface area contributed by atoms with Gasteiger partial charge in [-0.05, 0) is 0 Å². The Morgan fingerprint density at radius 3 is 1.25 bits per heavy atom. The zero-order valence-electron chi connectivity index (χ0n) is 2.12. The summed E-state index contributed by atoms with van der Waals surface area (Å²) < 4.78 is 0. The van der Waals surface area contributed by atoms with Crippen LogP contribution in [0.5, 0.6) is 0 Å². The average molecular weight is 344 g/mol. The monoisotopic (exact) mass is 347 g/mol. The number of hydrogen-bond acceptors (Lipinski definition) is 0. The Hall–Kier alpha value is 2.15. The van der Waals surface area contributed by atoms with Crippen LogP contribution in [0, 0.1) is 0 Å². The van der Waals surface area contributed by atoms with E-state index in [0.717, 1.165) is 0 Å². The first kappa shape index (κ1) is 16.4. The van der Waals surface area contributed by atoms with E-state index < -0.39 is 0 Å². The maximum atomic E-state index is 2.01. The first-order valence-electron chi connectivity index (χ1n) is 0.408. The molecule has 0 nitrogen and oxygen atoms in total. The van der Waals surface area contributed by atoms with Crippen molar-refractivity contribution in [1.82, 2.24) is 0 Å². The van der Waals surface area contributed by atoms with Gasteiger partial charge >= 0.3 is 69.3 Å². The van der Waals surface area contributed by atoms with E-state index in [-0.39, 0.29) is 42.0 Å². The summed E-state index contributed by atoms with van der Waals surface area (Å²) >= 11 is 1.95. The van der Waals surface area contributed by atoms with Gasteiger partial charge in [0.05, 0.1) is 0 Å². The van der Waals surface area contributed by atoms with Gasteiger partial charge in [0.15, 0.2) is 0 Å². The Balaban J connectivity index is -0.00000000500. The average Bonchev–Trinajstić information content (AvgIpc) is 1.00. The molecule has 29 valence electrons. The van der Waals surface area contributed by atoms with Gasteiger partial charge < -0.3 is 0 Å². The molecule has 0 heterocycles. The molecule has 0 atom stereocenters. The molecule has 0 bridgehead atoms. The molecule has 3 heteroatoms. The molecule has 0 spiro atoms.